The topological polar surface area (TPSA) is 56.1 Å². The van der Waals surface area contributed by atoms with Crippen LogP contribution in [0, 0.1) is 17.1 Å². The van der Waals surface area contributed by atoms with Gasteiger partial charge in [-0.25, -0.2) is 4.39 Å². The number of halogens is 1. The van der Waals surface area contributed by atoms with E-state index in [4.69, 9.17) is 5.26 Å². The van der Waals surface area contributed by atoms with Gasteiger partial charge in [0.2, 0.25) is 5.91 Å². The molecule has 4 nitrogen and oxygen atoms in total. The average Bonchev–Trinajstić information content (AvgIpc) is 2.47. The number of nitrogens with one attached hydrogen (secondary N) is 1. The molecule has 0 fully saturated rings. The van der Waals surface area contributed by atoms with Gasteiger partial charge in [-0.2, -0.15) is 5.26 Å². The number of nitriles is 1. The lowest BCUT2D eigenvalue weighted by molar-refractivity contribution is -0.117. The lowest BCUT2D eigenvalue weighted by Crippen LogP contribution is -2.30. The summed E-state index contributed by atoms with van der Waals surface area (Å²) in [4.78, 5) is 13.8. The standard InChI is InChI=1S/C17H16FN3O/c1-21(11-13-5-4-7-15(18)9-13)12-17(22)20-16-8-3-2-6-14(16)10-19/h2-9H,11-12H2,1H3,(H,20,22). The summed E-state index contributed by atoms with van der Waals surface area (Å²) in [6.45, 7) is 0.612. The molecule has 5 heteroatoms. The highest BCUT2D eigenvalue weighted by atomic mass is 19.1. The molecule has 0 radical (unpaired) electrons. The Morgan fingerprint density at radius 1 is 1.27 bits per heavy atom. The maximum Gasteiger partial charge on any atom is 0.238 e. The molecule has 0 aliphatic rings. The predicted octanol–water partition coefficient (Wildman–Crippen LogP) is 2.77. The van der Waals surface area contributed by atoms with Crippen LogP contribution in [0.15, 0.2) is 48.5 Å². The second-order valence-electron chi connectivity index (χ2n) is 5.01. The Labute approximate surface area is 128 Å². The molecule has 0 atom stereocenters. The van der Waals surface area contributed by atoms with Crippen LogP contribution in [0.4, 0.5) is 10.1 Å². The molecular formula is C17H16FN3O. The number of carbonyl (C=O) groups excluding carboxylic acids is 1. The van der Waals surface area contributed by atoms with Gasteiger partial charge in [-0.15, -0.1) is 0 Å². The predicted molar refractivity (Wildman–Crippen MR) is 82.5 cm³/mol. The second-order valence-corrected chi connectivity index (χ2v) is 5.01. The summed E-state index contributed by atoms with van der Waals surface area (Å²) in [7, 11) is 1.78. The summed E-state index contributed by atoms with van der Waals surface area (Å²) in [5, 5.41) is 11.7. The van der Waals surface area contributed by atoms with Crippen molar-refractivity contribution in [3.63, 3.8) is 0 Å². The van der Waals surface area contributed by atoms with Crippen molar-refractivity contribution >= 4 is 11.6 Å². The molecule has 112 valence electrons. The van der Waals surface area contributed by atoms with Crippen LogP contribution in [-0.2, 0) is 11.3 Å². The van der Waals surface area contributed by atoms with Crippen molar-refractivity contribution < 1.29 is 9.18 Å². The van der Waals surface area contributed by atoms with Gasteiger partial charge in [0, 0.05) is 6.54 Å². The summed E-state index contributed by atoms with van der Waals surface area (Å²) >= 11 is 0. The van der Waals surface area contributed by atoms with Gasteiger partial charge in [0.15, 0.2) is 0 Å². The third-order valence-electron chi connectivity index (χ3n) is 3.08. The van der Waals surface area contributed by atoms with E-state index in [1.807, 2.05) is 12.1 Å². The van der Waals surface area contributed by atoms with Crippen LogP contribution in [0.2, 0.25) is 0 Å². The minimum absolute atomic E-state index is 0.149. The lowest BCUT2D eigenvalue weighted by Gasteiger charge is -2.16. The highest BCUT2D eigenvalue weighted by Crippen LogP contribution is 2.13. The number of anilines is 1. The van der Waals surface area contributed by atoms with Gasteiger partial charge in [0.25, 0.3) is 0 Å². The molecule has 0 unspecified atom stereocenters. The lowest BCUT2D eigenvalue weighted by atomic mass is 10.2. The fourth-order valence-electron chi connectivity index (χ4n) is 2.13. The first-order valence-electron chi connectivity index (χ1n) is 6.80. The molecule has 1 amide bonds. The van der Waals surface area contributed by atoms with Crippen LogP contribution in [0.5, 0.6) is 0 Å². The zero-order chi connectivity index (χ0) is 15.9. The molecule has 0 spiro atoms. The van der Waals surface area contributed by atoms with Gasteiger partial charge in [-0.3, -0.25) is 9.69 Å². The van der Waals surface area contributed by atoms with E-state index < -0.39 is 0 Å². The maximum absolute atomic E-state index is 13.1. The third-order valence-corrected chi connectivity index (χ3v) is 3.08. The Bertz CT molecular complexity index is 709. The van der Waals surface area contributed by atoms with E-state index in [-0.39, 0.29) is 18.3 Å². The van der Waals surface area contributed by atoms with E-state index in [9.17, 15) is 9.18 Å². The van der Waals surface area contributed by atoms with Gasteiger partial charge in [0.05, 0.1) is 17.8 Å². The number of rotatable bonds is 5. The number of hydrogen-bond donors (Lipinski definition) is 1. The van der Waals surface area contributed by atoms with Crippen molar-refractivity contribution in [2.45, 2.75) is 6.54 Å². The largest absolute Gasteiger partial charge is 0.324 e. The minimum Gasteiger partial charge on any atom is -0.324 e. The molecule has 0 heterocycles. The summed E-state index contributed by atoms with van der Waals surface area (Å²) in [6.07, 6.45) is 0. The average molecular weight is 297 g/mol. The van der Waals surface area contributed by atoms with Gasteiger partial charge < -0.3 is 5.32 Å². The quantitative estimate of drug-likeness (QED) is 0.923. The summed E-state index contributed by atoms with van der Waals surface area (Å²) < 4.78 is 13.1. The number of hydrogen-bond acceptors (Lipinski definition) is 3. The first-order chi connectivity index (χ1) is 10.6. The zero-order valence-electron chi connectivity index (χ0n) is 12.2. The fraction of sp³-hybridized carbons (Fsp3) is 0.176. The molecule has 0 aromatic heterocycles. The molecule has 2 aromatic carbocycles. The molecule has 0 saturated heterocycles. The first-order valence-corrected chi connectivity index (χ1v) is 6.80. The van der Waals surface area contributed by atoms with Gasteiger partial charge in [-0.1, -0.05) is 24.3 Å². The van der Waals surface area contributed by atoms with Crippen molar-refractivity contribution in [2.24, 2.45) is 0 Å². The molecule has 1 N–H and O–H groups in total. The normalized spacial score (nSPS) is 10.3. The highest BCUT2D eigenvalue weighted by molar-refractivity contribution is 5.93. The molecule has 0 aliphatic heterocycles. The van der Waals surface area contributed by atoms with Crippen LogP contribution in [0.1, 0.15) is 11.1 Å². The third kappa shape index (κ3) is 4.40. The molecule has 2 rings (SSSR count). The fourth-order valence-corrected chi connectivity index (χ4v) is 2.13. The van der Waals surface area contributed by atoms with Gasteiger partial charge in [0.1, 0.15) is 11.9 Å². The Morgan fingerprint density at radius 2 is 2.05 bits per heavy atom. The van der Waals surface area contributed by atoms with Gasteiger partial charge in [-0.05, 0) is 36.9 Å². The van der Waals surface area contributed by atoms with Crippen molar-refractivity contribution in [2.75, 3.05) is 18.9 Å². The summed E-state index contributed by atoms with van der Waals surface area (Å²) in [5.41, 5.74) is 1.71. The number of para-hydroxylation sites is 1. The van der Waals surface area contributed by atoms with Crippen molar-refractivity contribution in [1.29, 1.82) is 5.26 Å². The van der Waals surface area contributed by atoms with Crippen LogP contribution in [-0.4, -0.2) is 24.4 Å². The number of benzene rings is 2. The number of amides is 1. The van der Waals surface area contributed by atoms with Crippen LogP contribution < -0.4 is 5.32 Å². The number of nitrogens with zero attached hydrogens (tertiary/aromatic N) is 2. The van der Waals surface area contributed by atoms with E-state index in [2.05, 4.69) is 5.32 Å². The van der Waals surface area contributed by atoms with Crippen LogP contribution in [0.25, 0.3) is 0 Å². The zero-order valence-corrected chi connectivity index (χ0v) is 12.2. The Balaban J connectivity index is 1.93. The van der Waals surface area contributed by atoms with E-state index in [1.165, 1.54) is 12.1 Å². The van der Waals surface area contributed by atoms with E-state index >= 15 is 0 Å². The summed E-state index contributed by atoms with van der Waals surface area (Å²) in [5.74, 6) is -0.514. The Kier molecular flexibility index (Phi) is 5.23. The monoisotopic (exact) mass is 297 g/mol. The molecule has 0 bridgehead atoms. The van der Waals surface area contributed by atoms with E-state index in [0.29, 0.717) is 17.8 Å². The smallest absolute Gasteiger partial charge is 0.238 e. The van der Waals surface area contributed by atoms with Gasteiger partial charge >= 0.3 is 0 Å². The highest BCUT2D eigenvalue weighted by Gasteiger charge is 2.10. The van der Waals surface area contributed by atoms with Crippen LogP contribution >= 0.6 is 0 Å². The van der Waals surface area contributed by atoms with Crippen molar-refractivity contribution in [3.05, 3.63) is 65.5 Å². The molecule has 2 aromatic rings. The van der Waals surface area contributed by atoms with E-state index in [1.54, 1.807) is 42.3 Å². The SMILES string of the molecule is CN(CC(=O)Nc1ccccc1C#N)Cc1cccc(F)c1. The molecule has 0 saturated carbocycles. The molecule has 0 aliphatic carbocycles. The number of likely N-dealkylation sites (N-methyl/N-ethyl adjacent to an activating group) is 1. The van der Waals surface area contributed by atoms with Crippen molar-refractivity contribution in [3.8, 4) is 6.07 Å². The Morgan fingerprint density at radius 3 is 2.77 bits per heavy atom. The first kappa shape index (κ1) is 15.7. The van der Waals surface area contributed by atoms with Crippen LogP contribution in [0.3, 0.4) is 0 Å². The maximum atomic E-state index is 13.1. The Hall–Kier alpha value is -2.71. The summed E-state index contributed by atoms with van der Waals surface area (Å²) in [6, 6.07) is 15.1. The van der Waals surface area contributed by atoms with E-state index in [0.717, 1.165) is 5.56 Å². The number of carbonyl (C=O) groups is 1. The van der Waals surface area contributed by atoms with Crippen molar-refractivity contribution in [1.82, 2.24) is 4.90 Å². The second kappa shape index (κ2) is 7.34. The molecule has 22 heavy (non-hydrogen) atoms. The molecular weight excluding hydrogens is 281 g/mol. The minimum atomic E-state index is -0.293.